The molecule has 2 N–H and O–H groups in total. The van der Waals surface area contributed by atoms with E-state index in [1.807, 2.05) is 20.1 Å². The number of carboxylic acids is 1. The third-order valence-electron chi connectivity index (χ3n) is 2.91. The van der Waals surface area contributed by atoms with E-state index in [4.69, 9.17) is 9.84 Å². The first-order chi connectivity index (χ1) is 8.93. The summed E-state index contributed by atoms with van der Waals surface area (Å²) >= 11 is 1.56. The van der Waals surface area contributed by atoms with Crippen molar-refractivity contribution in [3.05, 3.63) is 0 Å². The average Bonchev–Trinajstić information content (AvgIpc) is 2.32. The van der Waals surface area contributed by atoms with Gasteiger partial charge >= 0.3 is 12.0 Å². The predicted molar refractivity (Wildman–Crippen MR) is 74.5 cm³/mol. The van der Waals surface area contributed by atoms with Crippen molar-refractivity contribution in [1.82, 2.24) is 10.2 Å². The molecule has 1 saturated heterocycles. The molecular weight excluding hydrogens is 268 g/mol. The van der Waals surface area contributed by atoms with Crippen LogP contribution in [0.3, 0.4) is 0 Å². The quantitative estimate of drug-likeness (QED) is 0.790. The molecule has 1 fully saturated rings. The van der Waals surface area contributed by atoms with E-state index in [1.165, 1.54) is 0 Å². The molecule has 1 rings (SSSR count). The van der Waals surface area contributed by atoms with Crippen molar-refractivity contribution in [2.45, 2.75) is 38.5 Å². The number of hydrogen-bond donors (Lipinski definition) is 2. The minimum Gasteiger partial charge on any atom is -0.480 e. The van der Waals surface area contributed by atoms with E-state index in [2.05, 4.69) is 5.32 Å². The van der Waals surface area contributed by atoms with Crippen LogP contribution >= 0.6 is 11.8 Å². The van der Waals surface area contributed by atoms with Gasteiger partial charge in [-0.05, 0) is 32.3 Å². The highest BCUT2D eigenvalue weighted by molar-refractivity contribution is 7.98. The van der Waals surface area contributed by atoms with Crippen LogP contribution in [0.5, 0.6) is 0 Å². The molecule has 0 unspecified atom stereocenters. The number of thioether (sulfide) groups is 1. The molecule has 0 aromatic heterocycles. The highest BCUT2D eigenvalue weighted by atomic mass is 32.2. The Kier molecular flexibility index (Phi) is 6.44. The number of carboxylic acid groups (broad SMARTS) is 1. The summed E-state index contributed by atoms with van der Waals surface area (Å²) < 4.78 is 5.54. The van der Waals surface area contributed by atoms with Crippen LogP contribution in [0.4, 0.5) is 4.79 Å². The summed E-state index contributed by atoms with van der Waals surface area (Å²) in [7, 11) is 0. The van der Waals surface area contributed by atoms with E-state index in [-0.39, 0.29) is 18.2 Å². The predicted octanol–water partition coefficient (Wildman–Crippen LogP) is 1.01. The standard InChI is InChI=1S/C12H22N2O4S/c1-8-6-14(7-9(2)18-8)12(17)13-10(11(15)16)4-5-19-3/h8-10H,4-7H2,1-3H3,(H,13,17)(H,15,16)/t8-,9+,10-/m0/s1. The number of nitrogens with one attached hydrogen (secondary N) is 1. The maximum atomic E-state index is 12.1. The van der Waals surface area contributed by atoms with Gasteiger partial charge in [0.25, 0.3) is 0 Å². The molecule has 0 saturated carbocycles. The maximum absolute atomic E-state index is 12.1. The Bertz CT molecular complexity index is 317. The van der Waals surface area contributed by atoms with Gasteiger partial charge in [-0.3, -0.25) is 0 Å². The lowest BCUT2D eigenvalue weighted by Gasteiger charge is -2.35. The van der Waals surface area contributed by atoms with Crippen LogP contribution in [0.15, 0.2) is 0 Å². The maximum Gasteiger partial charge on any atom is 0.326 e. The molecule has 1 aliphatic rings. The second-order valence-electron chi connectivity index (χ2n) is 4.78. The number of carbonyl (C=O) groups is 2. The zero-order valence-corrected chi connectivity index (χ0v) is 12.4. The fraction of sp³-hybridized carbons (Fsp3) is 0.833. The molecule has 7 heteroatoms. The fourth-order valence-electron chi connectivity index (χ4n) is 2.08. The van der Waals surface area contributed by atoms with E-state index in [1.54, 1.807) is 16.7 Å². The summed E-state index contributed by atoms with van der Waals surface area (Å²) in [5.74, 6) is -0.288. The monoisotopic (exact) mass is 290 g/mol. The molecule has 0 radical (unpaired) electrons. The number of hydrogen-bond acceptors (Lipinski definition) is 4. The van der Waals surface area contributed by atoms with Crippen LogP contribution in [-0.2, 0) is 9.53 Å². The first kappa shape index (κ1) is 16.1. The summed E-state index contributed by atoms with van der Waals surface area (Å²) in [4.78, 5) is 24.8. The highest BCUT2D eigenvalue weighted by Gasteiger charge is 2.28. The van der Waals surface area contributed by atoms with Crippen LogP contribution in [0.1, 0.15) is 20.3 Å². The molecule has 1 heterocycles. The molecule has 19 heavy (non-hydrogen) atoms. The van der Waals surface area contributed by atoms with Gasteiger partial charge in [0.05, 0.1) is 12.2 Å². The van der Waals surface area contributed by atoms with Crippen molar-refractivity contribution in [3.8, 4) is 0 Å². The highest BCUT2D eigenvalue weighted by Crippen LogP contribution is 2.11. The number of morpholine rings is 1. The van der Waals surface area contributed by atoms with Gasteiger partial charge in [0.15, 0.2) is 0 Å². The minimum atomic E-state index is -0.989. The van der Waals surface area contributed by atoms with Crippen LogP contribution in [-0.4, -0.2) is 65.4 Å². The van der Waals surface area contributed by atoms with Gasteiger partial charge in [-0.1, -0.05) is 0 Å². The Morgan fingerprint density at radius 3 is 2.47 bits per heavy atom. The van der Waals surface area contributed by atoms with Crippen LogP contribution < -0.4 is 5.32 Å². The lowest BCUT2D eigenvalue weighted by atomic mass is 10.2. The smallest absolute Gasteiger partial charge is 0.326 e. The Morgan fingerprint density at radius 2 is 2.00 bits per heavy atom. The molecule has 2 amide bonds. The molecule has 110 valence electrons. The number of aliphatic carboxylic acids is 1. The molecular formula is C12H22N2O4S. The van der Waals surface area contributed by atoms with Crippen LogP contribution in [0, 0.1) is 0 Å². The van der Waals surface area contributed by atoms with Crippen molar-refractivity contribution in [3.63, 3.8) is 0 Å². The number of amides is 2. The minimum absolute atomic E-state index is 0.0241. The van der Waals surface area contributed by atoms with Crippen LogP contribution in [0.25, 0.3) is 0 Å². The molecule has 0 spiro atoms. The second kappa shape index (κ2) is 7.59. The summed E-state index contributed by atoms with van der Waals surface area (Å²) in [5.41, 5.74) is 0. The zero-order valence-electron chi connectivity index (χ0n) is 11.6. The first-order valence-electron chi connectivity index (χ1n) is 6.36. The first-order valence-corrected chi connectivity index (χ1v) is 7.76. The molecule has 0 bridgehead atoms. The lowest BCUT2D eigenvalue weighted by Crippen LogP contribution is -2.54. The van der Waals surface area contributed by atoms with Crippen LogP contribution in [0.2, 0.25) is 0 Å². The van der Waals surface area contributed by atoms with Gasteiger partial charge < -0.3 is 20.1 Å². The van der Waals surface area contributed by atoms with Gasteiger partial charge in [-0.15, -0.1) is 0 Å². The molecule has 0 aliphatic carbocycles. The van der Waals surface area contributed by atoms with Crippen molar-refractivity contribution in [2.24, 2.45) is 0 Å². The van der Waals surface area contributed by atoms with Gasteiger partial charge in [0.1, 0.15) is 6.04 Å². The SMILES string of the molecule is CSCC[C@H](NC(=O)N1C[C@@H](C)O[C@@H](C)C1)C(=O)O. The van der Waals surface area contributed by atoms with E-state index >= 15 is 0 Å². The average molecular weight is 290 g/mol. The number of urea groups is 1. The largest absolute Gasteiger partial charge is 0.480 e. The number of carbonyl (C=O) groups excluding carboxylic acids is 1. The van der Waals surface area contributed by atoms with Crippen molar-refractivity contribution in [2.75, 3.05) is 25.1 Å². The van der Waals surface area contributed by atoms with Crippen molar-refractivity contribution < 1.29 is 19.4 Å². The third-order valence-corrected chi connectivity index (χ3v) is 3.56. The van der Waals surface area contributed by atoms with E-state index < -0.39 is 12.0 Å². The normalized spacial score (nSPS) is 24.9. The van der Waals surface area contributed by atoms with E-state index in [0.717, 1.165) is 0 Å². The summed E-state index contributed by atoms with van der Waals surface area (Å²) in [6.07, 6.45) is 2.29. The second-order valence-corrected chi connectivity index (χ2v) is 5.77. The fourth-order valence-corrected chi connectivity index (χ4v) is 2.55. The Morgan fingerprint density at radius 1 is 1.42 bits per heavy atom. The topological polar surface area (TPSA) is 78.9 Å². The van der Waals surface area contributed by atoms with E-state index in [0.29, 0.717) is 25.3 Å². The molecule has 3 atom stereocenters. The van der Waals surface area contributed by atoms with Gasteiger partial charge in [0, 0.05) is 13.1 Å². The van der Waals surface area contributed by atoms with Gasteiger partial charge in [0.2, 0.25) is 0 Å². The lowest BCUT2D eigenvalue weighted by molar-refractivity contribution is -0.139. The van der Waals surface area contributed by atoms with Gasteiger partial charge in [-0.25, -0.2) is 9.59 Å². The number of nitrogens with zero attached hydrogens (tertiary/aromatic N) is 1. The third kappa shape index (κ3) is 5.28. The van der Waals surface area contributed by atoms with Crippen molar-refractivity contribution in [1.29, 1.82) is 0 Å². The Hall–Kier alpha value is -0.950. The summed E-state index contributed by atoms with van der Waals surface area (Å²) in [6, 6.07) is -1.15. The Labute approximate surface area is 117 Å². The number of rotatable bonds is 5. The van der Waals surface area contributed by atoms with E-state index in [9.17, 15) is 9.59 Å². The molecule has 0 aromatic rings. The molecule has 0 aromatic carbocycles. The molecule has 1 aliphatic heterocycles. The van der Waals surface area contributed by atoms with Gasteiger partial charge in [-0.2, -0.15) is 11.8 Å². The Balaban J connectivity index is 2.53. The zero-order chi connectivity index (χ0) is 14.4. The molecule has 6 nitrogen and oxygen atoms in total. The van der Waals surface area contributed by atoms with Crippen molar-refractivity contribution >= 4 is 23.8 Å². The number of ether oxygens (including phenoxy) is 1. The summed E-state index contributed by atoms with van der Waals surface area (Å²) in [6.45, 7) is 4.78. The summed E-state index contributed by atoms with van der Waals surface area (Å²) in [5, 5.41) is 11.7.